The zero-order chi connectivity index (χ0) is 13.7. The summed E-state index contributed by atoms with van der Waals surface area (Å²) in [6.45, 7) is 8.47. The van der Waals surface area contributed by atoms with Crippen molar-refractivity contribution >= 4 is 17.2 Å². The Morgan fingerprint density at radius 3 is 2.44 bits per heavy atom. The minimum absolute atomic E-state index is 0.0822. The third kappa shape index (κ3) is 3.82. The van der Waals surface area contributed by atoms with E-state index >= 15 is 0 Å². The molecule has 3 nitrogen and oxygen atoms in total. The fourth-order valence-corrected chi connectivity index (χ4v) is 2.92. The Labute approximate surface area is 113 Å². The van der Waals surface area contributed by atoms with Crippen molar-refractivity contribution in [2.75, 3.05) is 6.54 Å². The molecule has 0 aliphatic rings. The first kappa shape index (κ1) is 15.2. The lowest BCUT2D eigenvalue weighted by molar-refractivity contribution is 0.0819. The summed E-state index contributed by atoms with van der Waals surface area (Å²) in [5.74, 6) is 0.179. The van der Waals surface area contributed by atoms with Crippen LogP contribution in [0.1, 0.15) is 46.8 Å². The van der Waals surface area contributed by atoms with Crippen molar-refractivity contribution in [2.24, 2.45) is 5.92 Å². The molecule has 18 heavy (non-hydrogen) atoms. The largest absolute Gasteiger partial charge is 0.391 e. The van der Waals surface area contributed by atoms with Gasteiger partial charge in [0.15, 0.2) is 0 Å². The molecule has 1 atom stereocenters. The number of hydrogen-bond donors (Lipinski definition) is 2. The van der Waals surface area contributed by atoms with Gasteiger partial charge in [0.25, 0.3) is 5.91 Å². The summed E-state index contributed by atoms with van der Waals surface area (Å²) in [6, 6.07) is 1.90. The van der Waals surface area contributed by atoms with E-state index in [1.165, 1.54) is 16.2 Å². The van der Waals surface area contributed by atoms with Gasteiger partial charge in [0.05, 0.1) is 11.0 Å². The Bertz CT molecular complexity index is 377. The average molecular weight is 269 g/mol. The van der Waals surface area contributed by atoms with E-state index in [1.54, 1.807) is 0 Å². The maximum Gasteiger partial charge on any atom is 0.261 e. The van der Waals surface area contributed by atoms with Crippen molar-refractivity contribution in [3.05, 3.63) is 21.4 Å². The number of thiophene rings is 1. The lowest BCUT2D eigenvalue weighted by atomic mass is 9.96. The van der Waals surface area contributed by atoms with Crippen LogP contribution in [-0.2, 0) is 0 Å². The van der Waals surface area contributed by atoms with Crippen molar-refractivity contribution in [1.29, 1.82) is 0 Å². The topological polar surface area (TPSA) is 49.3 Å². The van der Waals surface area contributed by atoms with Gasteiger partial charge >= 0.3 is 0 Å². The van der Waals surface area contributed by atoms with Crippen LogP contribution < -0.4 is 5.32 Å². The number of amides is 1. The molecule has 0 aromatic carbocycles. The summed E-state index contributed by atoms with van der Waals surface area (Å²) in [6.07, 6.45) is 1.42. The molecule has 1 unspecified atom stereocenters. The summed E-state index contributed by atoms with van der Waals surface area (Å²) in [4.78, 5) is 13.8. The van der Waals surface area contributed by atoms with E-state index in [4.69, 9.17) is 0 Å². The Hall–Kier alpha value is -0.870. The van der Waals surface area contributed by atoms with Gasteiger partial charge in [0, 0.05) is 11.4 Å². The number of aliphatic hydroxyl groups is 1. The minimum atomic E-state index is -0.453. The molecule has 0 bridgehead atoms. The molecule has 0 spiro atoms. The second-order valence-corrected chi connectivity index (χ2v) is 5.96. The quantitative estimate of drug-likeness (QED) is 0.834. The lowest BCUT2D eigenvalue weighted by Crippen LogP contribution is -2.35. The fourth-order valence-electron chi connectivity index (χ4n) is 1.97. The number of aryl methyl sites for hydroxylation is 2. The summed E-state index contributed by atoms with van der Waals surface area (Å²) in [7, 11) is 0. The fraction of sp³-hybridized carbons (Fsp3) is 0.643. The van der Waals surface area contributed by atoms with Gasteiger partial charge in [0.2, 0.25) is 0 Å². The molecule has 4 heteroatoms. The molecular weight excluding hydrogens is 246 g/mol. The highest BCUT2D eigenvalue weighted by Gasteiger charge is 2.17. The maximum absolute atomic E-state index is 11.9. The van der Waals surface area contributed by atoms with Gasteiger partial charge in [-0.15, -0.1) is 11.3 Å². The van der Waals surface area contributed by atoms with Crippen molar-refractivity contribution < 1.29 is 9.90 Å². The zero-order valence-corrected chi connectivity index (χ0v) is 12.4. The number of carbonyl (C=O) groups excluding carboxylic acids is 1. The van der Waals surface area contributed by atoms with E-state index in [-0.39, 0.29) is 11.8 Å². The van der Waals surface area contributed by atoms with E-state index < -0.39 is 6.10 Å². The Morgan fingerprint density at radius 2 is 2.00 bits per heavy atom. The van der Waals surface area contributed by atoms with Gasteiger partial charge in [-0.2, -0.15) is 0 Å². The Morgan fingerprint density at radius 1 is 1.39 bits per heavy atom. The van der Waals surface area contributed by atoms with Gasteiger partial charge in [-0.25, -0.2) is 0 Å². The average Bonchev–Trinajstić information content (AvgIpc) is 2.68. The molecule has 102 valence electrons. The third-order valence-electron chi connectivity index (χ3n) is 3.45. The molecule has 0 aliphatic heterocycles. The molecule has 1 aromatic rings. The predicted molar refractivity (Wildman–Crippen MR) is 76.2 cm³/mol. The van der Waals surface area contributed by atoms with Gasteiger partial charge in [-0.3, -0.25) is 4.79 Å². The SMILES string of the molecule is CCC(CC)C(O)CNC(=O)c1cc(C)c(C)s1. The second-order valence-electron chi connectivity index (χ2n) is 4.70. The van der Waals surface area contributed by atoms with Crippen molar-refractivity contribution in [3.63, 3.8) is 0 Å². The first-order valence-electron chi connectivity index (χ1n) is 6.52. The number of carbonyl (C=O) groups is 1. The van der Waals surface area contributed by atoms with Crippen molar-refractivity contribution in [1.82, 2.24) is 5.32 Å². The number of hydrogen-bond acceptors (Lipinski definition) is 3. The molecule has 1 rings (SSSR count). The van der Waals surface area contributed by atoms with Crippen LogP contribution in [0.3, 0.4) is 0 Å². The smallest absolute Gasteiger partial charge is 0.261 e. The van der Waals surface area contributed by atoms with E-state index in [0.717, 1.165) is 23.3 Å². The van der Waals surface area contributed by atoms with Crippen LogP contribution >= 0.6 is 11.3 Å². The van der Waals surface area contributed by atoms with Crippen LogP contribution in [0.15, 0.2) is 6.07 Å². The van der Waals surface area contributed by atoms with E-state index in [1.807, 2.05) is 19.9 Å². The standard InChI is InChI=1S/C14H23NO2S/c1-5-11(6-2)12(16)8-15-14(17)13-7-9(3)10(4)18-13/h7,11-12,16H,5-6,8H2,1-4H3,(H,15,17). The lowest BCUT2D eigenvalue weighted by Gasteiger charge is -2.20. The maximum atomic E-state index is 11.9. The van der Waals surface area contributed by atoms with Crippen LogP contribution in [0, 0.1) is 19.8 Å². The highest BCUT2D eigenvalue weighted by molar-refractivity contribution is 7.14. The summed E-state index contributed by atoms with van der Waals surface area (Å²) in [5, 5.41) is 12.8. The summed E-state index contributed by atoms with van der Waals surface area (Å²) in [5.41, 5.74) is 1.14. The molecule has 1 aromatic heterocycles. The van der Waals surface area contributed by atoms with Crippen LogP contribution in [-0.4, -0.2) is 23.7 Å². The normalized spacial score (nSPS) is 12.8. The zero-order valence-electron chi connectivity index (χ0n) is 11.6. The second kappa shape index (κ2) is 6.90. The first-order chi connectivity index (χ1) is 8.49. The minimum Gasteiger partial charge on any atom is -0.391 e. The van der Waals surface area contributed by atoms with E-state index in [9.17, 15) is 9.90 Å². The molecule has 2 N–H and O–H groups in total. The molecule has 0 fully saturated rings. The van der Waals surface area contributed by atoms with Crippen molar-refractivity contribution in [3.8, 4) is 0 Å². The number of rotatable bonds is 6. The molecule has 1 heterocycles. The predicted octanol–water partition coefficient (Wildman–Crippen LogP) is 2.89. The Balaban J connectivity index is 2.51. The molecule has 0 aliphatic carbocycles. The van der Waals surface area contributed by atoms with Crippen LogP contribution in [0.25, 0.3) is 0 Å². The van der Waals surface area contributed by atoms with Crippen LogP contribution in [0.5, 0.6) is 0 Å². The van der Waals surface area contributed by atoms with Crippen LogP contribution in [0.4, 0.5) is 0 Å². The van der Waals surface area contributed by atoms with E-state index in [2.05, 4.69) is 19.2 Å². The van der Waals surface area contributed by atoms with Gasteiger partial charge in [0.1, 0.15) is 0 Å². The summed E-state index contributed by atoms with van der Waals surface area (Å²) < 4.78 is 0. The Kier molecular flexibility index (Phi) is 5.82. The van der Waals surface area contributed by atoms with Crippen molar-refractivity contribution in [2.45, 2.75) is 46.6 Å². The highest BCUT2D eigenvalue weighted by Crippen LogP contribution is 2.20. The molecule has 1 amide bonds. The summed E-state index contributed by atoms with van der Waals surface area (Å²) >= 11 is 1.50. The van der Waals surface area contributed by atoms with E-state index in [0.29, 0.717) is 6.54 Å². The van der Waals surface area contributed by atoms with Gasteiger partial charge in [-0.05, 0) is 31.4 Å². The monoisotopic (exact) mass is 269 g/mol. The molecular formula is C14H23NO2S. The van der Waals surface area contributed by atoms with Gasteiger partial charge in [-0.1, -0.05) is 26.7 Å². The number of nitrogens with one attached hydrogen (secondary N) is 1. The van der Waals surface area contributed by atoms with Crippen LogP contribution in [0.2, 0.25) is 0 Å². The molecule has 0 saturated heterocycles. The molecule has 0 radical (unpaired) electrons. The van der Waals surface area contributed by atoms with Gasteiger partial charge < -0.3 is 10.4 Å². The first-order valence-corrected chi connectivity index (χ1v) is 7.34. The third-order valence-corrected chi connectivity index (χ3v) is 4.61. The number of aliphatic hydroxyl groups excluding tert-OH is 1. The molecule has 0 saturated carbocycles. The highest BCUT2D eigenvalue weighted by atomic mass is 32.1.